The molecule has 1 aromatic carbocycles. The van der Waals surface area contributed by atoms with Crippen LogP contribution in [0.2, 0.25) is 10.0 Å². The number of nitrogens with one attached hydrogen (secondary N) is 1. The molecule has 1 atom stereocenters. The van der Waals surface area contributed by atoms with Crippen molar-refractivity contribution in [2.24, 2.45) is 0 Å². The molecular formula is C16H18Cl2FNS. The minimum atomic E-state index is -0.560. The Kier molecular flexibility index (Phi) is 6.06. The van der Waals surface area contributed by atoms with Crippen LogP contribution in [0.1, 0.15) is 37.6 Å². The quantitative estimate of drug-likeness (QED) is 0.604. The van der Waals surface area contributed by atoms with Crippen LogP contribution in [-0.4, -0.2) is 6.54 Å². The van der Waals surface area contributed by atoms with Gasteiger partial charge in [-0.1, -0.05) is 37.0 Å². The van der Waals surface area contributed by atoms with Crippen molar-refractivity contribution < 1.29 is 4.39 Å². The Balaban J connectivity index is 2.27. The van der Waals surface area contributed by atoms with Crippen molar-refractivity contribution in [2.45, 2.75) is 32.7 Å². The maximum absolute atomic E-state index is 13.5. The minimum absolute atomic E-state index is 0.0589. The van der Waals surface area contributed by atoms with E-state index in [2.05, 4.69) is 25.2 Å². The summed E-state index contributed by atoms with van der Waals surface area (Å²) in [5.41, 5.74) is 0.855. The predicted octanol–water partition coefficient (Wildman–Crippen LogP) is 6.31. The molecule has 0 radical (unpaired) electrons. The van der Waals surface area contributed by atoms with Crippen molar-refractivity contribution in [1.29, 1.82) is 0 Å². The Morgan fingerprint density at radius 2 is 1.86 bits per heavy atom. The van der Waals surface area contributed by atoms with E-state index in [-0.39, 0.29) is 10.0 Å². The van der Waals surface area contributed by atoms with E-state index in [0.717, 1.165) is 29.8 Å². The van der Waals surface area contributed by atoms with Crippen molar-refractivity contribution in [3.63, 3.8) is 0 Å². The fraction of sp³-hybridized carbons (Fsp3) is 0.375. The fourth-order valence-corrected chi connectivity index (χ4v) is 3.80. The highest BCUT2D eigenvalue weighted by atomic mass is 35.5. The van der Waals surface area contributed by atoms with Crippen LogP contribution < -0.4 is 5.32 Å². The Morgan fingerprint density at radius 3 is 2.43 bits per heavy atom. The first-order valence-corrected chi connectivity index (χ1v) is 8.62. The minimum Gasteiger partial charge on any atom is -0.309 e. The maximum Gasteiger partial charge on any atom is 0.160 e. The predicted molar refractivity (Wildman–Crippen MR) is 91.1 cm³/mol. The summed E-state index contributed by atoms with van der Waals surface area (Å²) in [5.74, 6) is -0.560. The highest BCUT2D eigenvalue weighted by Crippen LogP contribution is 2.36. The van der Waals surface area contributed by atoms with Crippen molar-refractivity contribution in [1.82, 2.24) is 5.32 Å². The Morgan fingerprint density at radius 1 is 1.19 bits per heavy atom. The lowest BCUT2D eigenvalue weighted by Crippen LogP contribution is -2.20. The number of hydrogen-bond acceptors (Lipinski definition) is 2. The van der Waals surface area contributed by atoms with Crippen molar-refractivity contribution in [3.8, 4) is 10.4 Å². The van der Waals surface area contributed by atoms with Crippen LogP contribution in [0.3, 0.4) is 0 Å². The normalized spacial score (nSPS) is 12.6. The van der Waals surface area contributed by atoms with E-state index in [1.807, 2.05) is 6.07 Å². The lowest BCUT2D eigenvalue weighted by molar-refractivity contribution is 0.525. The molecule has 0 bridgehead atoms. The van der Waals surface area contributed by atoms with E-state index in [0.29, 0.717) is 6.04 Å². The SMILES string of the molecule is CCCNC(CC)c1ccc(-c2cc(Cl)c(F)c(Cl)c2)s1. The highest BCUT2D eigenvalue weighted by molar-refractivity contribution is 7.15. The summed E-state index contributed by atoms with van der Waals surface area (Å²) in [7, 11) is 0. The van der Waals surface area contributed by atoms with Gasteiger partial charge in [0.25, 0.3) is 0 Å². The number of hydrogen-bond donors (Lipinski definition) is 1. The van der Waals surface area contributed by atoms with Gasteiger partial charge >= 0.3 is 0 Å². The number of benzene rings is 1. The molecule has 0 saturated heterocycles. The fourth-order valence-electron chi connectivity index (χ4n) is 2.16. The van der Waals surface area contributed by atoms with Gasteiger partial charge in [-0.15, -0.1) is 11.3 Å². The molecule has 0 fully saturated rings. The van der Waals surface area contributed by atoms with Crippen LogP contribution in [0.4, 0.5) is 4.39 Å². The highest BCUT2D eigenvalue weighted by Gasteiger charge is 2.14. The summed E-state index contributed by atoms with van der Waals surface area (Å²) in [6.07, 6.45) is 2.14. The Hall–Kier alpha value is -0.610. The van der Waals surface area contributed by atoms with Gasteiger partial charge < -0.3 is 5.32 Å². The molecule has 2 aromatic rings. The molecule has 21 heavy (non-hydrogen) atoms. The van der Waals surface area contributed by atoms with Gasteiger partial charge in [-0.05, 0) is 49.2 Å². The first-order chi connectivity index (χ1) is 10.1. The maximum atomic E-state index is 13.5. The molecule has 0 spiro atoms. The average molecular weight is 346 g/mol. The summed E-state index contributed by atoms with van der Waals surface area (Å²) in [4.78, 5) is 2.32. The molecule has 1 aromatic heterocycles. The third-order valence-corrected chi connectivity index (χ3v) is 5.09. The van der Waals surface area contributed by atoms with E-state index in [9.17, 15) is 4.39 Å². The van der Waals surface area contributed by atoms with E-state index >= 15 is 0 Å². The molecule has 0 saturated carbocycles. The first-order valence-electron chi connectivity index (χ1n) is 7.04. The van der Waals surface area contributed by atoms with Crippen molar-refractivity contribution in [3.05, 3.63) is 45.0 Å². The standard InChI is InChI=1S/C16H18Cl2FNS/c1-3-7-20-13(4-2)15-6-5-14(21-15)10-8-11(17)16(19)12(18)9-10/h5-6,8-9,13,20H,3-4,7H2,1-2H3. The first kappa shape index (κ1) is 16.8. The topological polar surface area (TPSA) is 12.0 Å². The van der Waals surface area contributed by atoms with E-state index in [1.54, 1.807) is 23.5 Å². The molecule has 0 aliphatic heterocycles. The van der Waals surface area contributed by atoms with Crippen LogP contribution in [0, 0.1) is 5.82 Å². The van der Waals surface area contributed by atoms with Gasteiger partial charge in [0.15, 0.2) is 5.82 Å². The zero-order valence-corrected chi connectivity index (χ0v) is 14.4. The second kappa shape index (κ2) is 7.59. The summed E-state index contributed by atoms with van der Waals surface area (Å²) >= 11 is 13.4. The van der Waals surface area contributed by atoms with E-state index < -0.39 is 5.82 Å². The third-order valence-electron chi connectivity index (χ3n) is 3.29. The molecule has 5 heteroatoms. The van der Waals surface area contributed by atoms with Gasteiger partial charge in [-0.3, -0.25) is 0 Å². The second-order valence-corrected chi connectivity index (χ2v) is 6.80. The van der Waals surface area contributed by atoms with Gasteiger partial charge in [-0.2, -0.15) is 0 Å². The molecule has 0 amide bonds. The van der Waals surface area contributed by atoms with Crippen LogP contribution in [0.25, 0.3) is 10.4 Å². The zero-order valence-electron chi connectivity index (χ0n) is 12.1. The van der Waals surface area contributed by atoms with E-state index in [4.69, 9.17) is 23.2 Å². The smallest absolute Gasteiger partial charge is 0.160 e. The molecule has 2 rings (SSSR count). The zero-order chi connectivity index (χ0) is 15.4. The molecular weight excluding hydrogens is 328 g/mol. The Bertz CT molecular complexity index is 589. The number of halogens is 3. The van der Waals surface area contributed by atoms with Gasteiger partial charge in [0.1, 0.15) is 0 Å². The summed E-state index contributed by atoms with van der Waals surface area (Å²) in [5, 5.41) is 3.65. The molecule has 1 nitrogen and oxygen atoms in total. The third kappa shape index (κ3) is 3.98. The monoisotopic (exact) mass is 345 g/mol. The summed E-state index contributed by atoms with van der Waals surface area (Å²) < 4.78 is 13.5. The molecule has 1 unspecified atom stereocenters. The molecule has 1 heterocycles. The second-order valence-electron chi connectivity index (χ2n) is 4.87. The van der Waals surface area contributed by atoms with Crippen LogP contribution in [0.5, 0.6) is 0 Å². The van der Waals surface area contributed by atoms with Gasteiger partial charge in [0.05, 0.1) is 10.0 Å². The van der Waals surface area contributed by atoms with Crippen LogP contribution in [-0.2, 0) is 0 Å². The number of rotatable bonds is 6. The van der Waals surface area contributed by atoms with Gasteiger partial charge in [0, 0.05) is 15.8 Å². The van der Waals surface area contributed by atoms with Gasteiger partial charge in [0.2, 0.25) is 0 Å². The van der Waals surface area contributed by atoms with Crippen LogP contribution >= 0.6 is 34.5 Å². The largest absolute Gasteiger partial charge is 0.309 e. The summed E-state index contributed by atoms with van der Waals surface area (Å²) in [6, 6.07) is 7.76. The average Bonchev–Trinajstić information content (AvgIpc) is 2.95. The Labute approximate surface area is 139 Å². The molecule has 0 aliphatic rings. The van der Waals surface area contributed by atoms with Crippen molar-refractivity contribution in [2.75, 3.05) is 6.54 Å². The molecule has 114 valence electrons. The van der Waals surface area contributed by atoms with E-state index in [1.165, 1.54) is 4.88 Å². The summed E-state index contributed by atoms with van der Waals surface area (Å²) in [6.45, 7) is 5.32. The molecule has 1 N–H and O–H groups in total. The lowest BCUT2D eigenvalue weighted by Gasteiger charge is -2.14. The van der Waals surface area contributed by atoms with Gasteiger partial charge in [-0.25, -0.2) is 4.39 Å². The lowest BCUT2D eigenvalue weighted by atomic mass is 10.1. The number of thiophene rings is 1. The van der Waals surface area contributed by atoms with Crippen molar-refractivity contribution >= 4 is 34.5 Å². The van der Waals surface area contributed by atoms with Crippen LogP contribution in [0.15, 0.2) is 24.3 Å². The molecule has 0 aliphatic carbocycles.